The molecule has 1 aliphatic rings. The minimum atomic E-state index is -0.0371. The van der Waals surface area contributed by atoms with Crippen LogP contribution >= 0.6 is 35.4 Å². The third-order valence-corrected chi connectivity index (χ3v) is 6.79. The second kappa shape index (κ2) is 8.22. The molecular weight excluding hydrogens is 435 g/mol. The van der Waals surface area contributed by atoms with Gasteiger partial charge in [0.25, 0.3) is 0 Å². The van der Waals surface area contributed by atoms with Crippen molar-refractivity contribution in [1.82, 2.24) is 19.8 Å². The van der Waals surface area contributed by atoms with Crippen LogP contribution < -0.4 is 5.32 Å². The zero-order chi connectivity index (χ0) is 21.6. The van der Waals surface area contributed by atoms with Crippen LogP contribution in [0.5, 0.6) is 0 Å². The molecule has 0 amide bonds. The molecule has 4 rings (SSSR count). The number of pyridine rings is 1. The normalized spacial score (nSPS) is 18.9. The first-order valence-corrected chi connectivity index (χ1v) is 11.1. The number of benzene rings is 1. The van der Waals surface area contributed by atoms with Gasteiger partial charge in [-0.25, -0.2) is 0 Å². The van der Waals surface area contributed by atoms with Gasteiger partial charge in [-0.1, -0.05) is 35.3 Å². The summed E-state index contributed by atoms with van der Waals surface area (Å²) >= 11 is 18.6. The predicted octanol–water partition coefficient (Wildman–Crippen LogP) is 6.18. The molecule has 1 aliphatic heterocycles. The Hall–Kier alpha value is -2.08. The second-order valence-corrected chi connectivity index (χ2v) is 9.03. The largest absolute Gasteiger partial charge is 0.352 e. The summed E-state index contributed by atoms with van der Waals surface area (Å²) in [6, 6.07) is 14.1. The lowest BCUT2D eigenvalue weighted by Gasteiger charge is -2.31. The molecule has 3 aromatic rings. The molecule has 1 aromatic carbocycles. The highest BCUT2D eigenvalue weighted by Gasteiger charge is 2.42. The molecule has 1 saturated heterocycles. The topological polar surface area (TPSA) is 33.1 Å². The van der Waals surface area contributed by atoms with Crippen LogP contribution in [0.4, 0.5) is 0 Å². The van der Waals surface area contributed by atoms with Crippen LogP contribution in [0.15, 0.2) is 48.7 Å². The molecule has 0 radical (unpaired) electrons. The van der Waals surface area contributed by atoms with E-state index in [4.69, 9.17) is 35.4 Å². The summed E-state index contributed by atoms with van der Waals surface area (Å²) in [5.74, 6) is 0. The molecule has 1 fully saturated rings. The fourth-order valence-electron chi connectivity index (χ4n) is 4.38. The number of nitrogens with zero attached hydrogens (tertiary/aromatic N) is 3. The molecule has 156 valence electrons. The Morgan fingerprint density at radius 2 is 1.87 bits per heavy atom. The van der Waals surface area contributed by atoms with Crippen LogP contribution in [0.25, 0.3) is 5.69 Å². The van der Waals surface area contributed by atoms with Crippen molar-refractivity contribution < 1.29 is 0 Å². The van der Waals surface area contributed by atoms with Gasteiger partial charge in [0.05, 0.1) is 33.5 Å². The van der Waals surface area contributed by atoms with E-state index in [-0.39, 0.29) is 18.1 Å². The number of hydrogen-bond acceptors (Lipinski definition) is 2. The van der Waals surface area contributed by atoms with Crippen LogP contribution in [0, 0.1) is 13.8 Å². The fourth-order valence-corrected chi connectivity index (χ4v) is 5.21. The van der Waals surface area contributed by atoms with Gasteiger partial charge in [0.2, 0.25) is 0 Å². The van der Waals surface area contributed by atoms with E-state index in [1.165, 1.54) is 5.56 Å². The lowest BCUT2D eigenvalue weighted by molar-refractivity contribution is 0.269. The van der Waals surface area contributed by atoms with Crippen molar-refractivity contribution in [3.8, 4) is 5.69 Å². The highest BCUT2D eigenvalue weighted by molar-refractivity contribution is 7.80. The molecule has 0 saturated carbocycles. The summed E-state index contributed by atoms with van der Waals surface area (Å²) in [6.07, 6.45) is 1.82. The Balaban J connectivity index is 1.88. The van der Waals surface area contributed by atoms with E-state index >= 15 is 0 Å². The summed E-state index contributed by atoms with van der Waals surface area (Å²) in [5, 5.41) is 5.35. The van der Waals surface area contributed by atoms with Crippen LogP contribution in [0.1, 0.15) is 48.6 Å². The summed E-state index contributed by atoms with van der Waals surface area (Å²) in [5.41, 5.74) is 5.25. The van der Waals surface area contributed by atoms with Crippen LogP contribution in [-0.4, -0.2) is 25.6 Å². The van der Waals surface area contributed by atoms with Crippen molar-refractivity contribution in [3.63, 3.8) is 0 Å². The Morgan fingerprint density at radius 1 is 1.10 bits per heavy atom. The monoisotopic (exact) mass is 458 g/mol. The number of hydrogen-bond donors (Lipinski definition) is 1. The molecule has 30 heavy (non-hydrogen) atoms. The third-order valence-electron chi connectivity index (χ3n) is 5.65. The van der Waals surface area contributed by atoms with Gasteiger partial charge in [-0.2, -0.15) is 0 Å². The zero-order valence-corrected chi connectivity index (χ0v) is 19.7. The Morgan fingerprint density at radius 3 is 2.53 bits per heavy atom. The summed E-state index contributed by atoms with van der Waals surface area (Å²) in [6.45, 7) is 8.53. The second-order valence-electron chi connectivity index (χ2n) is 7.86. The Bertz CT molecular complexity index is 1090. The molecule has 0 spiro atoms. The van der Waals surface area contributed by atoms with Crippen molar-refractivity contribution in [3.05, 3.63) is 81.4 Å². The molecule has 1 N–H and O–H groups in total. The van der Waals surface area contributed by atoms with E-state index in [9.17, 15) is 0 Å². The highest BCUT2D eigenvalue weighted by Crippen LogP contribution is 2.43. The van der Waals surface area contributed by atoms with Gasteiger partial charge in [0.15, 0.2) is 5.11 Å². The minimum Gasteiger partial charge on any atom is -0.352 e. The zero-order valence-electron chi connectivity index (χ0n) is 17.4. The molecule has 0 aliphatic carbocycles. The number of rotatable bonds is 4. The molecule has 4 nitrogen and oxygen atoms in total. The van der Waals surface area contributed by atoms with Crippen LogP contribution in [0.3, 0.4) is 0 Å². The van der Waals surface area contributed by atoms with Crippen molar-refractivity contribution in [2.24, 2.45) is 0 Å². The Labute approximate surface area is 192 Å². The number of aromatic nitrogens is 2. The predicted molar refractivity (Wildman–Crippen MR) is 128 cm³/mol. The van der Waals surface area contributed by atoms with Gasteiger partial charge in [0.1, 0.15) is 0 Å². The maximum Gasteiger partial charge on any atom is 0.170 e. The number of halogens is 2. The van der Waals surface area contributed by atoms with Gasteiger partial charge < -0.3 is 14.8 Å². The van der Waals surface area contributed by atoms with E-state index < -0.39 is 0 Å². The first kappa shape index (κ1) is 21.2. The average Bonchev–Trinajstić information content (AvgIpc) is 3.21. The van der Waals surface area contributed by atoms with Gasteiger partial charge in [-0.05, 0) is 75.8 Å². The van der Waals surface area contributed by atoms with E-state index in [0.717, 1.165) is 27.9 Å². The van der Waals surface area contributed by atoms with Crippen molar-refractivity contribution >= 4 is 40.5 Å². The molecule has 2 aromatic heterocycles. The standard InChI is InChI=1S/C23H24Cl2N4S/c1-13(2)28-22(21(27-23(28)30)18-9-5-6-11-26-18)16-12-14(3)29(15(16)4)19-10-7-8-17(24)20(19)25/h5-13,21-22H,1-4H3,(H,27,30). The molecule has 2 unspecified atom stereocenters. The van der Waals surface area contributed by atoms with Crippen LogP contribution in [-0.2, 0) is 0 Å². The first-order valence-electron chi connectivity index (χ1n) is 9.94. The van der Waals surface area contributed by atoms with Crippen molar-refractivity contribution in [1.29, 1.82) is 0 Å². The molecule has 3 heterocycles. The van der Waals surface area contributed by atoms with Gasteiger partial charge in [-0.15, -0.1) is 0 Å². The average molecular weight is 459 g/mol. The van der Waals surface area contributed by atoms with Gasteiger partial charge >= 0.3 is 0 Å². The summed E-state index contributed by atoms with van der Waals surface area (Å²) in [7, 11) is 0. The maximum atomic E-state index is 6.56. The molecule has 0 bridgehead atoms. The van der Waals surface area contributed by atoms with E-state index in [2.05, 4.69) is 53.5 Å². The third kappa shape index (κ3) is 3.49. The summed E-state index contributed by atoms with van der Waals surface area (Å²) in [4.78, 5) is 6.88. The van der Waals surface area contributed by atoms with Gasteiger partial charge in [-0.3, -0.25) is 4.98 Å². The number of thiocarbonyl (C=S) groups is 1. The smallest absolute Gasteiger partial charge is 0.170 e. The van der Waals surface area contributed by atoms with E-state index in [1.54, 1.807) is 6.07 Å². The number of nitrogens with one attached hydrogen (secondary N) is 1. The van der Waals surface area contributed by atoms with Crippen molar-refractivity contribution in [2.75, 3.05) is 0 Å². The van der Waals surface area contributed by atoms with E-state index in [0.29, 0.717) is 10.0 Å². The lowest BCUT2D eigenvalue weighted by Crippen LogP contribution is -2.35. The first-order chi connectivity index (χ1) is 14.3. The summed E-state index contributed by atoms with van der Waals surface area (Å²) < 4.78 is 2.17. The lowest BCUT2D eigenvalue weighted by atomic mass is 9.96. The quantitative estimate of drug-likeness (QED) is 0.473. The SMILES string of the molecule is Cc1cc(C2C(c3ccccn3)NC(=S)N2C(C)C)c(C)n1-c1cccc(Cl)c1Cl. The molecule has 2 atom stereocenters. The minimum absolute atomic E-state index is 0.0188. The fraction of sp³-hybridized carbons (Fsp3) is 0.304. The molecule has 7 heteroatoms. The van der Waals surface area contributed by atoms with Crippen molar-refractivity contribution in [2.45, 2.75) is 45.8 Å². The molecular formula is C23H24Cl2N4S. The van der Waals surface area contributed by atoms with E-state index in [1.807, 2.05) is 36.5 Å². The Kier molecular flexibility index (Phi) is 5.80. The van der Waals surface area contributed by atoms with Crippen LogP contribution in [0.2, 0.25) is 10.0 Å². The van der Waals surface area contributed by atoms with Gasteiger partial charge in [0, 0.05) is 23.6 Å². The number of aryl methyl sites for hydroxylation is 1. The maximum absolute atomic E-state index is 6.56. The highest BCUT2D eigenvalue weighted by atomic mass is 35.5.